The van der Waals surface area contributed by atoms with E-state index in [0.29, 0.717) is 12.8 Å². The second-order valence-corrected chi connectivity index (χ2v) is 17.3. The predicted octanol–water partition coefficient (Wildman–Crippen LogP) is 6.49. The Labute approximate surface area is 394 Å². The molecule has 2 heterocycles. The molecule has 0 aliphatic carbocycles. The molecule has 4 unspecified atom stereocenters. The maximum atomic E-state index is 13.0. The van der Waals surface area contributed by atoms with E-state index in [-0.39, 0.29) is 19.4 Å². The second-order valence-electron chi connectivity index (χ2n) is 17.3. The number of aliphatic hydroxyl groups excluding tert-OH is 7. The summed E-state index contributed by atoms with van der Waals surface area (Å²) in [7, 11) is 0. The monoisotopic (exact) mass is 939 g/mol. The number of unbranched alkanes of at least 4 members (excludes halogenated alkanes) is 13. The summed E-state index contributed by atoms with van der Waals surface area (Å²) < 4.78 is 33.5. The Balaban J connectivity index is 1.85. The molecule has 2 aliphatic heterocycles. The van der Waals surface area contributed by atoms with Crippen molar-refractivity contribution in [2.75, 3.05) is 26.4 Å². The highest BCUT2D eigenvalue weighted by atomic mass is 16.7. The molecule has 0 saturated carbocycles. The van der Waals surface area contributed by atoms with Gasteiger partial charge in [-0.1, -0.05) is 126 Å². The van der Waals surface area contributed by atoms with Crippen molar-refractivity contribution >= 4 is 11.9 Å². The fraction of sp³-hybridized carbons (Fsp3) is 0.765. The summed E-state index contributed by atoms with van der Waals surface area (Å²) >= 11 is 0. The van der Waals surface area contributed by atoms with E-state index in [1.807, 2.05) is 0 Å². The molecule has 2 saturated heterocycles. The van der Waals surface area contributed by atoms with Crippen molar-refractivity contribution in [3.8, 4) is 0 Å². The summed E-state index contributed by atoms with van der Waals surface area (Å²) in [4.78, 5) is 25.7. The minimum Gasteiger partial charge on any atom is -0.462 e. The fourth-order valence-electron chi connectivity index (χ4n) is 7.38. The molecule has 0 radical (unpaired) electrons. The molecule has 0 amide bonds. The van der Waals surface area contributed by atoms with E-state index >= 15 is 0 Å². The first-order valence-electron chi connectivity index (χ1n) is 24.9. The molecule has 11 atom stereocenters. The molecule has 7 N–H and O–H groups in total. The normalized spacial score (nSPS) is 26.7. The molecule has 15 heteroatoms. The lowest BCUT2D eigenvalue weighted by Gasteiger charge is -2.42. The van der Waals surface area contributed by atoms with Crippen molar-refractivity contribution in [3.05, 3.63) is 60.8 Å². The largest absolute Gasteiger partial charge is 0.462 e. The summed E-state index contributed by atoms with van der Waals surface area (Å²) in [5, 5.41) is 72.0. The average molecular weight is 939 g/mol. The maximum Gasteiger partial charge on any atom is 0.306 e. The van der Waals surface area contributed by atoms with E-state index in [9.17, 15) is 45.3 Å². The van der Waals surface area contributed by atoms with Crippen LogP contribution in [0.2, 0.25) is 0 Å². The highest BCUT2D eigenvalue weighted by Crippen LogP contribution is 2.26. The van der Waals surface area contributed by atoms with Crippen LogP contribution in [0.4, 0.5) is 0 Å². The van der Waals surface area contributed by atoms with Gasteiger partial charge in [0.2, 0.25) is 0 Å². The van der Waals surface area contributed by atoms with Gasteiger partial charge in [0.25, 0.3) is 0 Å². The lowest BCUT2D eigenvalue weighted by atomic mass is 9.98. The van der Waals surface area contributed by atoms with Gasteiger partial charge in [0, 0.05) is 12.8 Å². The first kappa shape index (κ1) is 59.3. The minimum absolute atomic E-state index is 0.136. The van der Waals surface area contributed by atoms with Crippen molar-refractivity contribution in [2.24, 2.45) is 0 Å². The van der Waals surface area contributed by atoms with Crippen LogP contribution >= 0.6 is 0 Å². The van der Waals surface area contributed by atoms with E-state index < -0.39 is 99.3 Å². The van der Waals surface area contributed by atoms with Crippen LogP contribution in [-0.4, -0.2) is 142 Å². The Hall–Kier alpha value is -2.80. The Morgan fingerprint density at radius 3 is 1.53 bits per heavy atom. The quantitative estimate of drug-likeness (QED) is 0.0201. The Morgan fingerprint density at radius 1 is 0.500 bits per heavy atom. The van der Waals surface area contributed by atoms with Gasteiger partial charge in [-0.3, -0.25) is 9.59 Å². The van der Waals surface area contributed by atoms with E-state index in [2.05, 4.69) is 74.6 Å². The molecule has 380 valence electrons. The van der Waals surface area contributed by atoms with Gasteiger partial charge < -0.3 is 64.2 Å². The lowest BCUT2D eigenvalue weighted by Crippen LogP contribution is -2.61. The first-order chi connectivity index (χ1) is 32.0. The number of allylic oxidation sites excluding steroid dienone is 10. The van der Waals surface area contributed by atoms with Crippen LogP contribution in [0.1, 0.15) is 155 Å². The van der Waals surface area contributed by atoms with Crippen molar-refractivity contribution in [1.29, 1.82) is 0 Å². The maximum absolute atomic E-state index is 13.0. The van der Waals surface area contributed by atoms with Crippen molar-refractivity contribution < 1.29 is 73.8 Å². The summed E-state index contributed by atoms with van der Waals surface area (Å²) in [6.07, 6.45) is 25.4. The number of hydrogen-bond acceptors (Lipinski definition) is 15. The van der Waals surface area contributed by atoms with E-state index in [1.165, 1.54) is 38.5 Å². The summed E-state index contributed by atoms with van der Waals surface area (Å²) in [5.41, 5.74) is 0. The molecule has 0 spiro atoms. The smallest absolute Gasteiger partial charge is 0.306 e. The molecule has 2 aliphatic rings. The van der Waals surface area contributed by atoms with Gasteiger partial charge in [0.15, 0.2) is 18.7 Å². The number of carbonyl (C=O) groups excluding carboxylic acids is 2. The molecule has 0 bridgehead atoms. The second kappa shape index (κ2) is 38.1. The molecule has 66 heavy (non-hydrogen) atoms. The van der Waals surface area contributed by atoms with Crippen LogP contribution in [0.3, 0.4) is 0 Å². The zero-order valence-electron chi connectivity index (χ0n) is 39.9. The van der Waals surface area contributed by atoms with Gasteiger partial charge in [0.1, 0.15) is 55.4 Å². The highest BCUT2D eigenvalue weighted by Gasteiger charge is 2.47. The molecular weight excluding hydrogens is 853 g/mol. The SMILES string of the molecule is CC/C=C/C/C=C/C/C=C/CCCCCCCC(=O)O[C@H](COC(=O)CCCC/C=C/C/C=C/CCCCCCCC)CO[C@@H]1O[C@H](CO[C@@H]2O[C@H](CO)[C@H](O)C(O)C2O)[C@H](O)C(O)C1O. The van der Waals surface area contributed by atoms with Gasteiger partial charge in [-0.05, 0) is 77.0 Å². The van der Waals surface area contributed by atoms with Crippen LogP contribution in [-0.2, 0) is 38.0 Å². The lowest BCUT2D eigenvalue weighted by molar-refractivity contribution is -0.332. The zero-order chi connectivity index (χ0) is 48.2. The van der Waals surface area contributed by atoms with Crippen LogP contribution in [0.5, 0.6) is 0 Å². The fourth-order valence-corrected chi connectivity index (χ4v) is 7.38. The molecule has 0 aromatic carbocycles. The van der Waals surface area contributed by atoms with Crippen molar-refractivity contribution in [1.82, 2.24) is 0 Å². The van der Waals surface area contributed by atoms with Crippen LogP contribution < -0.4 is 0 Å². The Morgan fingerprint density at radius 2 is 0.955 bits per heavy atom. The molecule has 15 nitrogen and oxygen atoms in total. The third-order valence-electron chi connectivity index (χ3n) is 11.5. The number of ether oxygens (including phenoxy) is 6. The zero-order valence-corrected chi connectivity index (χ0v) is 39.9. The minimum atomic E-state index is -1.77. The topological polar surface area (TPSA) is 231 Å². The van der Waals surface area contributed by atoms with E-state index in [1.54, 1.807) is 0 Å². The molecular formula is C51H86O15. The van der Waals surface area contributed by atoms with Gasteiger partial charge in [-0.25, -0.2) is 0 Å². The summed E-state index contributed by atoms with van der Waals surface area (Å²) in [5.74, 6) is -0.988. The molecule has 0 aromatic heterocycles. The number of aliphatic hydroxyl groups is 7. The van der Waals surface area contributed by atoms with E-state index in [0.717, 1.165) is 77.0 Å². The van der Waals surface area contributed by atoms with Crippen molar-refractivity contribution in [2.45, 2.75) is 223 Å². The van der Waals surface area contributed by atoms with Gasteiger partial charge in [-0.15, -0.1) is 0 Å². The summed E-state index contributed by atoms with van der Waals surface area (Å²) in [6, 6.07) is 0. The van der Waals surface area contributed by atoms with Crippen molar-refractivity contribution in [3.63, 3.8) is 0 Å². The number of esters is 2. The van der Waals surface area contributed by atoms with Gasteiger partial charge >= 0.3 is 11.9 Å². The highest BCUT2D eigenvalue weighted by molar-refractivity contribution is 5.70. The Bertz CT molecular complexity index is 1380. The van der Waals surface area contributed by atoms with Crippen LogP contribution in [0, 0.1) is 0 Å². The number of hydrogen-bond donors (Lipinski definition) is 7. The van der Waals surface area contributed by atoms with Gasteiger partial charge in [0.05, 0.1) is 19.8 Å². The Kier molecular flexibility index (Phi) is 34.2. The summed E-state index contributed by atoms with van der Waals surface area (Å²) in [6.45, 7) is 2.40. The van der Waals surface area contributed by atoms with Gasteiger partial charge in [-0.2, -0.15) is 0 Å². The first-order valence-corrected chi connectivity index (χ1v) is 24.9. The number of carbonyl (C=O) groups is 2. The molecule has 0 aromatic rings. The third kappa shape index (κ3) is 26.1. The van der Waals surface area contributed by atoms with Crippen LogP contribution in [0.25, 0.3) is 0 Å². The number of rotatable bonds is 37. The molecule has 2 rings (SSSR count). The van der Waals surface area contributed by atoms with Crippen LogP contribution in [0.15, 0.2) is 60.8 Å². The molecule has 2 fully saturated rings. The van der Waals surface area contributed by atoms with E-state index in [4.69, 9.17) is 28.4 Å². The standard InChI is InChI=1S/C51H86O15/c1-3-5-7-9-11-13-15-17-19-21-23-25-27-29-31-33-42(53)61-36-39(64-43(54)34-32-30-28-26-24-22-20-18-16-14-12-10-8-6-4-2)37-62-50-49(60)47(58)45(56)41(66-50)38-63-51-48(59)46(57)44(55)40(35-52)65-51/h6,8,12,14,17-20,23,25,39-41,44-52,55-60H,3-5,7,9-11,13,15-16,21-22,24,26-38H2,1-2H3/b8-6+,14-12+,19-17+,20-18+,25-23+/t39-,40-,41-,44+,45+,46?,47?,48?,49?,50-,51-/m1/s1. The third-order valence-corrected chi connectivity index (χ3v) is 11.5. The average Bonchev–Trinajstić information content (AvgIpc) is 3.31. The predicted molar refractivity (Wildman–Crippen MR) is 252 cm³/mol.